The molecule has 0 heterocycles. The third kappa shape index (κ3) is 11.8. The molecule has 17 heteroatoms. The molecular weight excluding hydrogens is 4010 g/mol. The van der Waals surface area contributed by atoms with Gasteiger partial charge in [-0.05, 0) is 0 Å². The van der Waals surface area contributed by atoms with Crippen molar-refractivity contribution in [3.8, 4) is 0 Å². The second kappa shape index (κ2) is 25.4. The normalized spacial score (nSPS) is 11.4. The maximum absolute atomic E-state index is 2.66. The predicted octanol–water partition coefficient (Wildman–Crippen LogP) is -8.42. The molecule has 47 heavy (non-hydrogen) atoms. The van der Waals surface area contributed by atoms with Gasteiger partial charge >= 0.3 is 784 Å². The summed E-state index contributed by atoms with van der Waals surface area (Å²) in [5.41, 5.74) is 3.64. The summed E-state index contributed by atoms with van der Waals surface area (Å²) < 4.78 is 32.4. The summed E-state index contributed by atoms with van der Waals surface area (Å²) >= 11 is 9.31. The van der Waals surface area contributed by atoms with Crippen molar-refractivity contribution in [2.45, 2.75) is 23.6 Å². The standard InChI is InChI=1S/C30H6S.16Ra.16H/c1-19-21-11-3-7-15-25(21)29(26-16-8-4-12-22(19)26)31-30-27-17-9-5-13-23(27)20(2)24-14-6-10-18-28(24)30;;;;;;;;;;;;;;;;;;;;;;;;;;;;;;;;/h1-2H3;;;;;;;;;;;;;;;;;;;;;;;;;;;;;;;;. The van der Waals surface area contributed by atoms with Crippen LogP contribution < -0.4 is 9.67 Å². The first kappa shape index (κ1) is 56.5. The van der Waals surface area contributed by atoms with Gasteiger partial charge in [0.25, 0.3) is 0 Å². The zero-order valence-electron chi connectivity index (χ0n) is 32.4. The number of hydrogen-bond donors (Lipinski definition) is 0. The fraction of sp³-hybridized carbons (Fsp3) is 0.0667. The predicted molar refractivity (Wildman–Crippen MR) is 153 cm³/mol. The van der Waals surface area contributed by atoms with Crippen LogP contribution in [0.3, 0.4) is 0 Å². The molecule has 0 atom stereocenters. The van der Waals surface area contributed by atoms with Crippen LogP contribution in [-0.2, 0) is 0 Å². The van der Waals surface area contributed by atoms with Crippen LogP contribution in [0.15, 0.2) is 9.79 Å². The molecule has 0 aliphatic rings. The van der Waals surface area contributed by atoms with Crippen molar-refractivity contribution in [3.63, 3.8) is 0 Å². The molecule has 0 N–H and O–H groups in total. The van der Waals surface area contributed by atoms with Crippen LogP contribution >= 0.6 is 11.8 Å². The third-order valence-corrected chi connectivity index (χ3v) is 308. The SMILES string of the molecule is Cc1c2[c]([RaH])[c]([RaH])[c]([RaH])[c]([RaH])c2c(Sc2c3[c]([RaH])[c]([RaH])[c]([RaH])[c]([RaH])c3c(C)c3[c]([RaH])[c]([RaH])[c]([RaH])[c]([RaH])c23)c2[c]([RaH])[c]([RaH])[c]([RaH])[c]([RaH])c12. The van der Waals surface area contributed by atoms with Crippen molar-refractivity contribution in [1.29, 1.82) is 0 Å². The van der Waals surface area contributed by atoms with E-state index in [2.05, 4.69) is 25.6 Å². The van der Waals surface area contributed by atoms with Crippen molar-refractivity contribution in [3.05, 3.63) is 11.1 Å². The molecule has 0 saturated heterocycles. The molecule has 0 unspecified atom stereocenters. The maximum atomic E-state index is 2.66. The minimum atomic E-state index is 0.371. The molecule has 0 radical (unpaired) electrons. The Morgan fingerprint density at radius 2 is 0.383 bits per heavy atom. The monoisotopic (exact) mass is 4030 g/mol. The molecule has 0 nitrogen and oxygen atoms in total. The Morgan fingerprint density at radius 1 is 0.234 bits per heavy atom. The van der Waals surface area contributed by atoms with Crippen molar-refractivity contribution in [2.24, 2.45) is 0 Å². The van der Waals surface area contributed by atoms with Crippen molar-refractivity contribution in [1.82, 2.24) is 0 Å². The molecule has 0 spiro atoms. The summed E-state index contributed by atoms with van der Waals surface area (Å²) in [4.78, 5) is 3.81. The fourth-order valence-corrected chi connectivity index (χ4v) is 133. The van der Waals surface area contributed by atoms with E-state index in [0.717, 1.165) is 0 Å². The van der Waals surface area contributed by atoms with E-state index >= 15 is 0 Å². The van der Waals surface area contributed by atoms with E-state index in [1.165, 1.54) is 0 Å². The Labute approximate surface area is 750 Å². The van der Waals surface area contributed by atoms with E-state index in [-0.39, 0.29) is 0 Å². The Morgan fingerprint density at radius 3 is 0.553 bits per heavy atom. The van der Waals surface area contributed by atoms with Gasteiger partial charge in [-0.1, -0.05) is 0 Å². The van der Waals surface area contributed by atoms with Gasteiger partial charge in [0.1, 0.15) is 0 Å². The average Bonchev–Trinajstić information content (AvgIpc) is 3.04. The van der Waals surface area contributed by atoms with Crippen molar-refractivity contribution < 1.29 is 685 Å². The summed E-state index contributed by atoms with van der Waals surface area (Å²) in [6.45, 7) is 5.32. The van der Waals surface area contributed by atoms with Crippen LogP contribution in [-0.4, -0.2) is 0 Å². The van der Waals surface area contributed by atoms with Crippen LogP contribution in [0.25, 0.3) is 43.1 Å². The Kier molecular flexibility index (Phi) is 30.6. The molecule has 0 aliphatic carbocycles. The Balaban J connectivity index is 2.00. The van der Waals surface area contributed by atoms with E-state index in [1.807, 2.05) is 73.7 Å². The molecule has 0 fully saturated rings. The van der Waals surface area contributed by atoms with Gasteiger partial charge in [-0.25, -0.2) is 0 Å². The first-order chi connectivity index (χ1) is 21.9. The third-order valence-electron chi connectivity index (χ3n) is 13.4. The zero-order chi connectivity index (χ0) is 34.9. The molecular formula is C30H22Ra16S. The van der Waals surface area contributed by atoms with E-state index in [4.69, 9.17) is 0 Å². The number of hydrogen-bond acceptors (Lipinski definition) is 1. The molecule has 6 aromatic carbocycles. The average molecular weight is 4030 g/mol. The summed E-state index contributed by atoms with van der Waals surface area (Å²) in [5.74, 6) is 0. The van der Waals surface area contributed by atoms with Crippen molar-refractivity contribution >= 4 is 64.5 Å². The van der Waals surface area contributed by atoms with Gasteiger partial charge in [0.15, 0.2) is 0 Å². The van der Waals surface area contributed by atoms with Crippen LogP contribution in [0.4, 0.5) is 0 Å². The van der Waals surface area contributed by atoms with Gasteiger partial charge in [0.05, 0.1) is 0 Å². The van der Waals surface area contributed by atoms with E-state index in [9.17, 15) is 0 Å². The summed E-state index contributed by atoms with van der Waals surface area (Å²) in [5, 5.41) is 15.3. The molecule has 0 aromatic heterocycles. The molecule has 0 bridgehead atoms. The molecule has 0 amide bonds. The summed E-state index contributed by atoms with van der Waals surface area (Å²) in [7, 11) is 0. The second-order valence-corrected chi connectivity index (χ2v) is 81.8. The van der Waals surface area contributed by atoms with E-state index in [1.54, 1.807) is 0 Å². The van der Waals surface area contributed by atoms with Crippen LogP contribution in [0.1, 0.15) is 11.1 Å². The topological polar surface area (TPSA) is 0 Å². The van der Waals surface area contributed by atoms with Gasteiger partial charge in [0.2, 0.25) is 0 Å². The number of rotatable bonds is 2. The van der Waals surface area contributed by atoms with Gasteiger partial charge in [-0.2, -0.15) is 0 Å². The Hall–Kier alpha value is 20.2. The van der Waals surface area contributed by atoms with Gasteiger partial charge < -0.3 is 0 Å². The number of aryl methyl sites for hydroxylation is 2. The van der Waals surface area contributed by atoms with Crippen LogP contribution in [0.5, 0.6) is 0 Å². The molecule has 0 aliphatic heterocycles. The van der Waals surface area contributed by atoms with E-state index in [0.29, 0.717) is 685 Å². The fourth-order valence-electron chi connectivity index (χ4n) is 9.07. The Bertz CT molecular complexity index is 2140. The molecule has 0 saturated carbocycles. The molecule has 6 aromatic rings. The first-order valence-electron chi connectivity index (χ1n) is 17.4. The van der Waals surface area contributed by atoms with Gasteiger partial charge in [-0.15, -0.1) is 0 Å². The molecule has 6 rings (SSSR count). The first-order valence-corrected chi connectivity index (χ1v) is 84.0. The van der Waals surface area contributed by atoms with Crippen molar-refractivity contribution in [2.75, 3.05) is 0 Å². The van der Waals surface area contributed by atoms with Gasteiger partial charge in [0, 0.05) is 0 Å². The van der Waals surface area contributed by atoms with E-state index < -0.39 is 0 Å². The summed E-state index contributed by atoms with van der Waals surface area (Å²) in [6, 6.07) is 0. The minimum absolute atomic E-state index is 0.371. The number of benzene rings is 6. The molecule has 180 valence electrons. The van der Waals surface area contributed by atoms with Gasteiger partial charge in [-0.3, -0.25) is 0 Å². The van der Waals surface area contributed by atoms with Crippen LogP contribution in [0.2, 0.25) is 0 Å². The van der Waals surface area contributed by atoms with Crippen LogP contribution in [0, 0.1) is 699 Å². The number of fused-ring (bicyclic) bond motifs is 4. The second-order valence-electron chi connectivity index (χ2n) is 15.0. The summed E-state index contributed by atoms with van der Waals surface area (Å²) in [6.07, 6.45) is 0. The quantitative estimate of drug-likeness (QED) is 0.156. The zero-order valence-corrected chi connectivity index (χ0v) is 165.